The number of nitrogens with zero attached hydrogens (tertiary/aromatic N) is 1. The number of aromatic nitrogens is 1. The third-order valence-electron chi connectivity index (χ3n) is 8.37. The van der Waals surface area contributed by atoms with Crippen molar-refractivity contribution in [3.8, 4) is 11.1 Å². The number of rotatable bonds is 4. The third kappa shape index (κ3) is 4.07. The van der Waals surface area contributed by atoms with Crippen LogP contribution in [0.15, 0.2) is 158 Å². The summed E-state index contributed by atoms with van der Waals surface area (Å²) in [7, 11) is 0. The molecule has 42 heavy (non-hydrogen) atoms. The van der Waals surface area contributed by atoms with Crippen molar-refractivity contribution in [1.29, 1.82) is 0 Å². The van der Waals surface area contributed by atoms with Gasteiger partial charge in [-0.1, -0.05) is 0 Å². The van der Waals surface area contributed by atoms with Crippen LogP contribution in [0.3, 0.4) is 0 Å². The number of benzene rings is 7. The molecule has 7 aromatic carbocycles. The van der Waals surface area contributed by atoms with E-state index in [4.69, 9.17) is 4.98 Å². The second-order valence-electron chi connectivity index (χ2n) is 10.7. The van der Waals surface area contributed by atoms with Crippen LogP contribution in [-0.4, -0.2) is 20.1 Å². The first-order valence-corrected chi connectivity index (χ1v) is 18.2. The summed E-state index contributed by atoms with van der Waals surface area (Å²) in [4.78, 5) is 4.86. The van der Waals surface area contributed by atoms with Gasteiger partial charge in [-0.2, -0.15) is 0 Å². The predicted octanol–water partition coefficient (Wildman–Crippen LogP) is 8.74. The van der Waals surface area contributed by atoms with Crippen LogP contribution in [0.25, 0.3) is 54.3 Å². The Morgan fingerprint density at radius 2 is 1.07 bits per heavy atom. The summed E-state index contributed by atoms with van der Waals surface area (Å²) in [6, 6.07) is 55.4. The van der Waals surface area contributed by atoms with E-state index in [1.54, 1.807) is 0 Å². The van der Waals surface area contributed by atoms with E-state index in [-0.39, 0.29) is 0 Å². The first kappa shape index (κ1) is 25.4. The summed E-state index contributed by atoms with van der Waals surface area (Å²) in [5.74, 6) is 0. The van der Waals surface area contributed by atoms with Crippen molar-refractivity contribution in [2.24, 2.45) is 0 Å². The Hall–Kier alpha value is -4.32. The molecule has 1 atom stereocenters. The van der Waals surface area contributed by atoms with Crippen LogP contribution < -0.4 is 15.9 Å². The van der Waals surface area contributed by atoms with Crippen LogP contribution in [0.5, 0.6) is 0 Å². The van der Waals surface area contributed by atoms with Gasteiger partial charge in [0.05, 0.1) is 0 Å². The fraction of sp³-hybridized carbons (Fsp3) is 0. The molecule has 0 bridgehead atoms. The Balaban J connectivity index is 1.33. The van der Waals surface area contributed by atoms with Gasteiger partial charge in [0.2, 0.25) is 0 Å². The molecule has 0 radical (unpaired) electrons. The topological polar surface area (TPSA) is 12.9 Å². The molecule has 0 saturated heterocycles. The zero-order valence-electron chi connectivity index (χ0n) is 22.8. The van der Waals surface area contributed by atoms with Gasteiger partial charge < -0.3 is 0 Å². The molecule has 0 spiro atoms. The van der Waals surface area contributed by atoms with Crippen LogP contribution in [0.2, 0.25) is 0 Å². The van der Waals surface area contributed by atoms with E-state index in [0.717, 1.165) is 5.52 Å². The number of pyridine rings is 1. The zero-order valence-corrected chi connectivity index (χ0v) is 25.4. The van der Waals surface area contributed by atoms with Crippen LogP contribution in [0.1, 0.15) is 0 Å². The van der Waals surface area contributed by atoms with E-state index in [1.807, 2.05) is 12.3 Å². The average molecular weight is 619 g/mol. The van der Waals surface area contributed by atoms with Gasteiger partial charge in [0, 0.05) is 0 Å². The molecule has 8 aromatic rings. The van der Waals surface area contributed by atoms with Gasteiger partial charge in [0.15, 0.2) is 0 Å². The summed E-state index contributed by atoms with van der Waals surface area (Å²) in [6.07, 6.45) is 1.90. The minimum absolute atomic E-state index is 1.05. The molecule has 0 aliphatic heterocycles. The quantitative estimate of drug-likeness (QED) is 0.109. The number of fused-ring (bicyclic) bond motifs is 6. The Bertz CT molecular complexity index is 2320. The van der Waals surface area contributed by atoms with Crippen LogP contribution >= 0.6 is 5.51 Å². The maximum atomic E-state index is 4.86. The molecule has 1 unspecified atom stereocenters. The van der Waals surface area contributed by atoms with E-state index in [0.29, 0.717) is 0 Å². The van der Waals surface area contributed by atoms with Crippen LogP contribution in [0, 0.1) is 0 Å². The van der Waals surface area contributed by atoms with Crippen molar-refractivity contribution in [3.63, 3.8) is 0 Å². The van der Waals surface area contributed by atoms with Crippen molar-refractivity contribution in [3.05, 3.63) is 158 Å². The minimum atomic E-state index is -2.00. The van der Waals surface area contributed by atoms with Gasteiger partial charge >= 0.3 is 254 Å². The van der Waals surface area contributed by atoms with Crippen molar-refractivity contribution in [2.45, 2.75) is 0 Å². The van der Waals surface area contributed by atoms with Crippen molar-refractivity contribution < 1.29 is 0 Å². The normalized spacial score (nSPS) is 13.0. The molecule has 3 heteroatoms. The molecular formula is C39H26NPSe. The fourth-order valence-electron chi connectivity index (χ4n) is 6.26. The van der Waals surface area contributed by atoms with Gasteiger partial charge in [-0.15, -0.1) is 0 Å². The van der Waals surface area contributed by atoms with Crippen LogP contribution in [0.4, 0.5) is 0 Å². The fourth-order valence-corrected chi connectivity index (χ4v) is 11.2. The van der Waals surface area contributed by atoms with Crippen LogP contribution in [-0.2, 0) is 0 Å². The molecule has 0 aliphatic carbocycles. The Labute approximate surface area is 252 Å². The molecule has 0 aliphatic rings. The van der Waals surface area contributed by atoms with E-state index in [2.05, 4.69) is 161 Å². The number of hydrogen-bond acceptors (Lipinski definition) is 1. The first-order valence-electron chi connectivity index (χ1n) is 14.2. The molecule has 0 fully saturated rings. The summed E-state index contributed by atoms with van der Waals surface area (Å²) in [5, 5.41) is 12.6. The Morgan fingerprint density at radius 3 is 1.90 bits per heavy atom. The van der Waals surface area contributed by atoms with Gasteiger partial charge in [0.1, 0.15) is 0 Å². The predicted molar refractivity (Wildman–Crippen MR) is 184 cm³/mol. The third-order valence-corrected chi connectivity index (χ3v) is 15.4. The summed E-state index contributed by atoms with van der Waals surface area (Å²) in [5.41, 5.74) is 1.46. The van der Waals surface area contributed by atoms with Gasteiger partial charge in [-0.3, -0.25) is 0 Å². The summed E-state index contributed by atoms with van der Waals surface area (Å²) >= 11 is 3.74. The van der Waals surface area contributed by atoms with Gasteiger partial charge in [0.25, 0.3) is 0 Å². The summed E-state index contributed by atoms with van der Waals surface area (Å²) in [6.45, 7) is 0. The Morgan fingerprint density at radius 1 is 0.429 bits per heavy atom. The van der Waals surface area contributed by atoms with Gasteiger partial charge in [-0.05, 0) is 0 Å². The SMILES string of the molecule is [Se]=P(c1ccccc1)(c1ccc(-c2cc3c4ccccc4ccc3c3ncccc23)cc1)c1ccc2ccccc2c1. The molecular weight excluding hydrogens is 592 g/mol. The molecule has 0 amide bonds. The van der Waals surface area contributed by atoms with E-state index < -0.39 is 5.51 Å². The molecule has 1 aromatic heterocycles. The molecule has 0 N–H and O–H groups in total. The molecule has 1 heterocycles. The Kier molecular flexibility index (Phi) is 6.16. The molecule has 1 nitrogen and oxygen atoms in total. The molecule has 0 saturated carbocycles. The maximum absolute atomic E-state index is 4.86. The standard InChI is InChI=1S/C39H26NPSe/c42-41(31-12-2-1-3-13-31,33-22-16-27-9-4-5-11-30(27)25-33)32-20-17-29(18-21-32)37-26-38-34-14-7-6-10-28(34)19-23-36(38)39-35(37)15-8-24-40-39/h1-26H. The molecule has 198 valence electrons. The second kappa shape index (κ2) is 10.2. The van der Waals surface area contributed by atoms with E-state index in [9.17, 15) is 0 Å². The average Bonchev–Trinajstić information content (AvgIpc) is 3.07. The zero-order chi connectivity index (χ0) is 28.1. The second-order valence-corrected chi connectivity index (χ2v) is 16.9. The van der Waals surface area contributed by atoms with E-state index >= 15 is 0 Å². The number of hydrogen-bond donors (Lipinski definition) is 0. The van der Waals surface area contributed by atoms with Gasteiger partial charge in [-0.25, -0.2) is 0 Å². The molecule has 8 rings (SSSR count). The monoisotopic (exact) mass is 619 g/mol. The van der Waals surface area contributed by atoms with Crippen molar-refractivity contribution >= 4 is 79.7 Å². The van der Waals surface area contributed by atoms with Crippen molar-refractivity contribution in [1.82, 2.24) is 4.98 Å². The summed E-state index contributed by atoms with van der Waals surface area (Å²) < 4.78 is 0. The first-order chi connectivity index (χ1) is 20.7. The van der Waals surface area contributed by atoms with Crippen molar-refractivity contribution in [2.75, 3.05) is 0 Å². The van der Waals surface area contributed by atoms with E-state index in [1.165, 1.54) is 64.7 Å².